The van der Waals surface area contributed by atoms with Crippen LogP contribution in [0.3, 0.4) is 0 Å². The monoisotopic (exact) mass is 255 g/mol. The fourth-order valence-corrected chi connectivity index (χ4v) is 2.75. The van der Waals surface area contributed by atoms with Crippen molar-refractivity contribution in [3.63, 3.8) is 0 Å². The predicted molar refractivity (Wildman–Crippen MR) is 69.7 cm³/mol. The lowest BCUT2D eigenvalue weighted by Crippen LogP contribution is -2.25. The lowest BCUT2D eigenvalue weighted by molar-refractivity contribution is 0.476. The topological polar surface area (TPSA) is 12.0 Å². The van der Waals surface area contributed by atoms with E-state index < -0.39 is 0 Å². The van der Waals surface area contributed by atoms with E-state index in [1.54, 1.807) is 12.1 Å². The van der Waals surface area contributed by atoms with Crippen LogP contribution in [0.25, 0.3) is 0 Å². The number of hydrogen-bond donors (Lipinski definition) is 1. The lowest BCUT2D eigenvalue weighted by Gasteiger charge is -2.13. The van der Waals surface area contributed by atoms with E-state index in [2.05, 4.69) is 12.2 Å². The van der Waals surface area contributed by atoms with Crippen LogP contribution in [-0.4, -0.2) is 6.04 Å². The Morgan fingerprint density at radius 3 is 2.88 bits per heavy atom. The summed E-state index contributed by atoms with van der Waals surface area (Å²) in [6.45, 7) is 3.04. The van der Waals surface area contributed by atoms with Crippen LogP contribution in [0, 0.1) is 11.7 Å². The summed E-state index contributed by atoms with van der Waals surface area (Å²) in [4.78, 5) is 0. The maximum Gasteiger partial charge on any atom is 0.141 e. The molecule has 1 aromatic rings. The van der Waals surface area contributed by atoms with Gasteiger partial charge >= 0.3 is 0 Å². The molecule has 0 aliphatic heterocycles. The zero-order valence-electron chi connectivity index (χ0n) is 10.2. The van der Waals surface area contributed by atoms with E-state index in [0.29, 0.717) is 6.04 Å². The summed E-state index contributed by atoms with van der Waals surface area (Å²) >= 11 is 5.75. The molecule has 1 aliphatic carbocycles. The van der Waals surface area contributed by atoms with Crippen LogP contribution in [0.5, 0.6) is 0 Å². The van der Waals surface area contributed by atoms with E-state index >= 15 is 0 Å². The first-order chi connectivity index (χ1) is 8.19. The van der Waals surface area contributed by atoms with Gasteiger partial charge in [0.2, 0.25) is 0 Å². The first kappa shape index (κ1) is 12.8. The van der Waals surface area contributed by atoms with E-state index in [4.69, 9.17) is 11.6 Å². The number of halogens is 2. The normalized spacial score (nSPS) is 24.2. The highest BCUT2D eigenvalue weighted by Gasteiger charge is 2.22. The Morgan fingerprint density at radius 2 is 2.24 bits per heavy atom. The molecule has 1 fully saturated rings. The van der Waals surface area contributed by atoms with E-state index in [-0.39, 0.29) is 10.8 Å². The van der Waals surface area contributed by atoms with Gasteiger partial charge in [0.05, 0.1) is 5.02 Å². The summed E-state index contributed by atoms with van der Waals surface area (Å²) in [6, 6.07) is 5.54. The highest BCUT2D eigenvalue weighted by molar-refractivity contribution is 6.30. The van der Waals surface area contributed by atoms with Gasteiger partial charge < -0.3 is 5.32 Å². The Hall–Kier alpha value is -0.600. The van der Waals surface area contributed by atoms with Crippen molar-refractivity contribution in [2.24, 2.45) is 5.92 Å². The minimum absolute atomic E-state index is 0.210. The van der Waals surface area contributed by atoms with E-state index in [1.807, 2.05) is 0 Å². The van der Waals surface area contributed by atoms with Crippen LogP contribution in [0.1, 0.15) is 38.2 Å². The van der Waals surface area contributed by atoms with Gasteiger partial charge in [-0.05, 0) is 42.9 Å². The molecule has 2 atom stereocenters. The molecule has 1 aromatic carbocycles. The Labute approximate surface area is 107 Å². The third-order valence-corrected chi connectivity index (χ3v) is 3.99. The Kier molecular flexibility index (Phi) is 4.41. The molecule has 1 N–H and O–H groups in total. The molecule has 1 saturated carbocycles. The zero-order valence-corrected chi connectivity index (χ0v) is 10.9. The smallest absolute Gasteiger partial charge is 0.141 e. The van der Waals surface area contributed by atoms with E-state index in [9.17, 15) is 4.39 Å². The third-order valence-electron chi connectivity index (χ3n) is 3.70. The second-order valence-electron chi connectivity index (χ2n) is 4.91. The van der Waals surface area contributed by atoms with Crippen LogP contribution in [0.15, 0.2) is 18.2 Å². The summed E-state index contributed by atoms with van der Waals surface area (Å²) in [5.74, 6) is 0.534. The Morgan fingerprint density at radius 1 is 1.41 bits per heavy atom. The van der Waals surface area contributed by atoms with Crippen molar-refractivity contribution in [2.45, 2.75) is 45.2 Å². The highest BCUT2D eigenvalue weighted by atomic mass is 35.5. The van der Waals surface area contributed by atoms with Gasteiger partial charge in [0.25, 0.3) is 0 Å². The first-order valence-electron chi connectivity index (χ1n) is 6.36. The van der Waals surface area contributed by atoms with Crippen LogP contribution < -0.4 is 5.32 Å². The van der Waals surface area contributed by atoms with Crippen LogP contribution in [-0.2, 0) is 6.54 Å². The average Bonchev–Trinajstić information content (AvgIpc) is 2.79. The van der Waals surface area contributed by atoms with Gasteiger partial charge in [-0.1, -0.05) is 31.0 Å². The predicted octanol–water partition coefficient (Wildman–Crippen LogP) is 4.15. The average molecular weight is 256 g/mol. The molecular weight excluding hydrogens is 237 g/mol. The zero-order chi connectivity index (χ0) is 12.3. The quantitative estimate of drug-likeness (QED) is 0.852. The van der Waals surface area contributed by atoms with Crippen molar-refractivity contribution >= 4 is 11.6 Å². The van der Waals surface area contributed by atoms with Gasteiger partial charge in [-0.15, -0.1) is 0 Å². The molecule has 0 amide bonds. The molecule has 94 valence electrons. The summed E-state index contributed by atoms with van der Waals surface area (Å²) in [7, 11) is 0. The first-order valence-corrected chi connectivity index (χ1v) is 6.74. The molecule has 3 heteroatoms. The maximum atomic E-state index is 13.0. The van der Waals surface area contributed by atoms with Gasteiger partial charge in [0, 0.05) is 12.6 Å². The second kappa shape index (κ2) is 5.83. The number of hydrogen-bond acceptors (Lipinski definition) is 1. The summed E-state index contributed by atoms with van der Waals surface area (Å²) in [6.07, 6.45) is 5.14. The molecule has 0 radical (unpaired) electrons. The van der Waals surface area contributed by atoms with Gasteiger partial charge in [0.15, 0.2) is 0 Å². The SMILES string of the molecule is CCC1CCC(NCc2ccc(F)c(Cl)c2)C1. The van der Waals surface area contributed by atoms with E-state index in [0.717, 1.165) is 18.0 Å². The second-order valence-corrected chi connectivity index (χ2v) is 5.32. The molecule has 1 nitrogen and oxygen atoms in total. The van der Waals surface area contributed by atoms with Crippen molar-refractivity contribution < 1.29 is 4.39 Å². The van der Waals surface area contributed by atoms with Crippen molar-refractivity contribution in [3.8, 4) is 0 Å². The molecule has 0 spiro atoms. The molecule has 17 heavy (non-hydrogen) atoms. The largest absolute Gasteiger partial charge is 0.310 e. The van der Waals surface area contributed by atoms with E-state index in [1.165, 1.54) is 31.7 Å². The minimum atomic E-state index is -0.345. The molecule has 1 aliphatic rings. The molecular formula is C14H19ClFN. The van der Waals surface area contributed by atoms with Gasteiger partial charge in [-0.3, -0.25) is 0 Å². The van der Waals surface area contributed by atoms with Crippen LogP contribution in [0.4, 0.5) is 4.39 Å². The summed E-state index contributed by atoms with van der Waals surface area (Å²) in [5, 5.41) is 3.74. The number of benzene rings is 1. The Balaban J connectivity index is 1.84. The molecule has 0 heterocycles. The third kappa shape index (κ3) is 3.43. The molecule has 0 bridgehead atoms. The minimum Gasteiger partial charge on any atom is -0.310 e. The molecule has 0 aromatic heterocycles. The summed E-state index contributed by atoms with van der Waals surface area (Å²) < 4.78 is 13.0. The van der Waals surface area contributed by atoms with Crippen molar-refractivity contribution in [2.75, 3.05) is 0 Å². The lowest BCUT2D eigenvalue weighted by atomic mass is 10.1. The van der Waals surface area contributed by atoms with Gasteiger partial charge in [0.1, 0.15) is 5.82 Å². The standard InChI is InChI=1S/C14H19ClFN/c1-2-10-3-5-12(7-10)17-9-11-4-6-14(16)13(15)8-11/h4,6,8,10,12,17H,2-3,5,7,9H2,1H3. The maximum absolute atomic E-state index is 13.0. The fourth-order valence-electron chi connectivity index (χ4n) is 2.54. The van der Waals surface area contributed by atoms with Crippen molar-refractivity contribution in [3.05, 3.63) is 34.6 Å². The Bertz CT molecular complexity index is 380. The highest BCUT2D eigenvalue weighted by Crippen LogP contribution is 2.28. The molecule has 0 saturated heterocycles. The van der Waals surface area contributed by atoms with Crippen molar-refractivity contribution in [1.29, 1.82) is 0 Å². The summed E-state index contributed by atoms with van der Waals surface area (Å²) in [5.41, 5.74) is 1.05. The van der Waals surface area contributed by atoms with Crippen LogP contribution in [0.2, 0.25) is 5.02 Å². The van der Waals surface area contributed by atoms with Crippen LogP contribution >= 0.6 is 11.6 Å². The molecule has 2 rings (SSSR count). The fraction of sp³-hybridized carbons (Fsp3) is 0.571. The van der Waals surface area contributed by atoms with Crippen molar-refractivity contribution in [1.82, 2.24) is 5.32 Å². The van der Waals surface area contributed by atoms with Gasteiger partial charge in [-0.2, -0.15) is 0 Å². The molecule has 2 unspecified atom stereocenters. The number of nitrogens with one attached hydrogen (secondary N) is 1. The number of rotatable bonds is 4. The van der Waals surface area contributed by atoms with Gasteiger partial charge in [-0.25, -0.2) is 4.39 Å².